The molecule has 1 nitrogen and oxygen atoms in total. The lowest BCUT2D eigenvalue weighted by molar-refractivity contribution is -0.205. The Hall–Kier alpha value is -0.390. The molecule has 0 saturated heterocycles. The van der Waals surface area contributed by atoms with E-state index in [4.69, 9.17) is 0 Å². The molecular weight excluding hydrogens is 217 g/mol. The standard InChI is InChI=1S/C9H14F5N/c1-15(2)4-3-8(11)5-7(8,6-10)9(12,13)14/h3-6H2,1-2H3. The first-order valence-corrected chi connectivity index (χ1v) is 4.65. The van der Waals surface area contributed by atoms with E-state index in [0.29, 0.717) is 0 Å². The molecule has 0 aromatic carbocycles. The Balaban J connectivity index is 2.67. The van der Waals surface area contributed by atoms with E-state index >= 15 is 0 Å². The summed E-state index contributed by atoms with van der Waals surface area (Å²) in [5.74, 6) is 0. The van der Waals surface area contributed by atoms with E-state index in [9.17, 15) is 22.0 Å². The van der Waals surface area contributed by atoms with Crippen LogP contribution in [0.1, 0.15) is 12.8 Å². The molecule has 0 bridgehead atoms. The quantitative estimate of drug-likeness (QED) is 0.672. The molecule has 2 atom stereocenters. The van der Waals surface area contributed by atoms with Gasteiger partial charge in [-0.25, -0.2) is 8.78 Å². The van der Waals surface area contributed by atoms with Gasteiger partial charge in [-0.15, -0.1) is 0 Å². The summed E-state index contributed by atoms with van der Waals surface area (Å²) >= 11 is 0. The highest BCUT2D eigenvalue weighted by molar-refractivity contribution is 5.20. The minimum atomic E-state index is -4.79. The van der Waals surface area contributed by atoms with Crippen LogP contribution in [0, 0.1) is 5.41 Å². The third kappa shape index (κ3) is 1.96. The lowest BCUT2D eigenvalue weighted by atomic mass is 10.0. The summed E-state index contributed by atoms with van der Waals surface area (Å²) in [4.78, 5) is 1.58. The molecule has 0 aromatic heterocycles. The molecule has 6 heteroatoms. The Morgan fingerprint density at radius 1 is 1.27 bits per heavy atom. The van der Waals surface area contributed by atoms with Crippen LogP contribution in [-0.4, -0.2) is 44.1 Å². The van der Waals surface area contributed by atoms with Crippen molar-refractivity contribution < 1.29 is 22.0 Å². The normalized spacial score (nSPS) is 36.0. The molecule has 90 valence electrons. The van der Waals surface area contributed by atoms with Crippen molar-refractivity contribution >= 4 is 0 Å². The summed E-state index contributed by atoms with van der Waals surface area (Å²) in [5, 5.41) is 0. The van der Waals surface area contributed by atoms with Gasteiger partial charge in [0.15, 0.2) is 0 Å². The Morgan fingerprint density at radius 3 is 2.07 bits per heavy atom. The van der Waals surface area contributed by atoms with Gasteiger partial charge >= 0.3 is 6.18 Å². The maximum atomic E-state index is 13.7. The van der Waals surface area contributed by atoms with Crippen molar-refractivity contribution in [3.63, 3.8) is 0 Å². The van der Waals surface area contributed by atoms with Crippen molar-refractivity contribution in [2.75, 3.05) is 27.3 Å². The largest absolute Gasteiger partial charge is 0.400 e. The first-order valence-electron chi connectivity index (χ1n) is 4.65. The van der Waals surface area contributed by atoms with E-state index in [-0.39, 0.29) is 13.0 Å². The van der Waals surface area contributed by atoms with Crippen molar-refractivity contribution in [1.82, 2.24) is 4.90 Å². The molecule has 0 radical (unpaired) electrons. The molecule has 15 heavy (non-hydrogen) atoms. The molecule has 1 fully saturated rings. The zero-order valence-corrected chi connectivity index (χ0v) is 8.67. The Kier molecular flexibility index (Phi) is 3.02. The number of hydrogen-bond donors (Lipinski definition) is 0. The zero-order chi connectivity index (χ0) is 11.9. The molecule has 1 rings (SSSR count). The van der Waals surface area contributed by atoms with E-state index in [1.54, 1.807) is 19.0 Å². The fraction of sp³-hybridized carbons (Fsp3) is 1.00. The van der Waals surface area contributed by atoms with Gasteiger partial charge in [0.2, 0.25) is 0 Å². The fourth-order valence-electron chi connectivity index (χ4n) is 1.76. The second-order valence-corrected chi connectivity index (χ2v) is 4.41. The van der Waals surface area contributed by atoms with Gasteiger partial charge in [-0.3, -0.25) is 0 Å². The van der Waals surface area contributed by atoms with Crippen LogP contribution in [0.15, 0.2) is 0 Å². The van der Waals surface area contributed by atoms with E-state index in [1.165, 1.54) is 0 Å². The predicted octanol–water partition coefficient (Wildman–Crippen LogP) is 2.57. The third-order valence-corrected chi connectivity index (χ3v) is 3.04. The van der Waals surface area contributed by atoms with Crippen molar-refractivity contribution in [2.24, 2.45) is 5.41 Å². The topological polar surface area (TPSA) is 3.24 Å². The molecule has 0 amide bonds. The second-order valence-electron chi connectivity index (χ2n) is 4.41. The van der Waals surface area contributed by atoms with Crippen molar-refractivity contribution in [2.45, 2.75) is 24.7 Å². The van der Waals surface area contributed by atoms with E-state index in [2.05, 4.69) is 0 Å². The summed E-state index contributed by atoms with van der Waals surface area (Å²) in [6.07, 6.45) is -5.81. The first-order chi connectivity index (χ1) is 6.68. The lowest BCUT2D eigenvalue weighted by Gasteiger charge is -2.21. The summed E-state index contributed by atoms with van der Waals surface area (Å²) < 4.78 is 63.3. The van der Waals surface area contributed by atoms with Gasteiger partial charge in [-0.1, -0.05) is 0 Å². The van der Waals surface area contributed by atoms with Crippen LogP contribution in [0.4, 0.5) is 22.0 Å². The fourth-order valence-corrected chi connectivity index (χ4v) is 1.76. The van der Waals surface area contributed by atoms with Crippen LogP contribution >= 0.6 is 0 Å². The number of alkyl halides is 5. The second kappa shape index (κ2) is 3.57. The summed E-state index contributed by atoms with van der Waals surface area (Å²) in [6.45, 7) is -1.48. The number of halogens is 5. The van der Waals surface area contributed by atoms with Crippen LogP contribution < -0.4 is 0 Å². The van der Waals surface area contributed by atoms with Gasteiger partial charge in [-0.05, 0) is 20.5 Å². The smallest absolute Gasteiger partial charge is 0.309 e. The molecule has 1 aliphatic carbocycles. The van der Waals surface area contributed by atoms with E-state index in [1.807, 2.05) is 0 Å². The van der Waals surface area contributed by atoms with Crippen LogP contribution in [0.3, 0.4) is 0 Å². The van der Waals surface area contributed by atoms with Crippen LogP contribution in [0.2, 0.25) is 0 Å². The summed E-state index contributed by atoms with van der Waals surface area (Å²) in [7, 11) is 3.27. The molecule has 1 saturated carbocycles. The molecule has 2 unspecified atom stereocenters. The van der Waals surface area contributed by atoms with E-state index in [0.717, 1.165) is 0 Å². The highest BCUT2D eigenvalue weighted by atomic mass is 19.4. The minimum Gasteiger partial charge on any atom is -0.309 e. The van der Waals surface area contributed by atoms with Crippen molar-refractivity contribution in [1.29, 1.82) is 0 Å². The van der Waals surface area contributed by atoms with Crippen LogP contribution in [-0.2, 0) is 0 Å². The molecule has 0 spiro atoms. The van der Waals surface area contributed by atoms with Gasteiger partial charge in [0, 0.05) is 13.0 Å². The highest BCUT2D eigenvalue weighted by Crippen LogP contribution is 2.69. The van der Waals surface area contributed by atoms with Gasteiger partial charge in [-0.2, -0.15) is 13.2 Å². The molecule has 0 N–H and O–H groups in total. The molecule has 0 aromatic rings. The Bertz CT molecular complexity index is 239. The summed E-state index contributed by atoms with van der Waals surface area (Å²) in [5.41, 5.74) is -5.15. The van der Waals surface area contributed by atoms with E-state index < -0.39 is 30.4 Å². The van der Waals surface area contributed by atoms with Crippen molar-refractivity contribution in [3.05, 3.63) is 0 Å². The molecule has 0 heterocycles. The average molecular weight is 231 g/mol. The number of nitrogens with zero attached hydrogens (tertiary/aromatic N) is 1. The molecule has 0 aliphatic heterocycles. The molecular formula is C9H14F5N. The predicted molar refractivity (Wildman–Crippen MR) is 46.1 cm³/mol. The minimum absolute atomic E-state index is 0.189. The first kappa shape index (κ1) is 12.7. The van der Waals surface area contributed by atoms with Crippen LogP contribution in [0.25, 0.3) is 0 Å². The number of hydrogen-bond acceptors (Lipinski definition) is 1. The van der Waals surface area contributed by atoms with Gasteiger partial charge in [0.05, 0.1) is 0 Å². The number of rotatable bonds is 4. The maximum absolute atomic E-state index is 13.7. The van der Waals surface area contributed by atoms with Crippen molar-refractivity contribution in [3.8, 4) is 0 Å². The zero-order valence-electron chi connectivity index (χ0n) is 8.67. The molecule has 1 aliphatic rings. The van der Waals surface area contributed by atoms with Gasteiger partial charge in [0.1, 0.15) is 17.8 Å². The lowest BCUT2D eigenvalue weighted by Crippen LogP contribution is -2.35. The van der Waals surface area contributed by atoms with Gasteiger partial charge in [0.25, 0.3) is 0 Å². The SMILES string of the molecule is CN(C)CCC1(F)CC1(CF)C(F)(F)F. The highest BCUT2D eigenvalue weighted by Gasteiger charge is 2.81. The summed E-state index contributed by atoms with van der Waals surface area (Å²) in [6, 6.07) is 0. The monoisotopic (exact) mass is 231 g/mol. The Morgan fingerprint density at radius 2 is 1.80 bits per heavy atom. The Labute approximate surface area is 85.2 Å². The van der Waals surface area contributed by atoms with Crippen LogP contribution in [0.5, 0.6) is 0 Å². The van der Waals surface area contributed by atoms with Gasteiger partial charge < -0.3 is 4.90 Å². The average Bonchev–Trinajstić information content (AvgIpc) is 2.70. The maximum Gasteiger partial charge on any atom is 0.400 e. The third-order valence-electron chi connectivity index (χ3n) is 3.04.